The van der Waals surface area contributed by atoms with Gasteiger partial charge in [-0.15, -0.1) is 11.3 Å². The Morgan fingerprint density at radius 3 is 2.84 bits per heavy atom. The molecule has 0 saturated carbocycles. The SMILES string of the molecule is CCc1ccc(CN2CCCC2CNCC(C)C)s1. The van der Waals surface area contributed by atoms with Crippen LogP contribution in [-0.2, 0) is 13.0 Å². The Bertz CT molecular complexity index is 373. The van der Waals surface area contributed by atoms with Gasteiger partial charge >= 0.3 is 0 Å². The van der Waals surface area contributed by atoms with Gasteiger partial charge in [-0.1, -0.05) is 20.8 Å². The third-order valence-corrected chi connectivity index (χ3v) is 5.07. The van der Waals surface area contributed by atoms with Gasteiger partial charge in [-0.25, -0.2) is 0 Å². The van der Waals surface area contributed by atoms with Crippen LogP contribution in [0.2, 0.25) is 0 Å². The maximum Gasteiger partial charge on any atom is 0.0331 e. The lowest BCUT2D eigenvalue weighted by molar-refractivity contribution is 0.239. The summed E-state index contributed by atoms with van der Waals surface area (Å²) in [6.07, 6.45) is 3.89. The summed E-state index contributed by atoms with van der Waals surface area (Å²) in [5, 5.41) is 3.62. The summed E-state index contributed by atoms with van der Waals surface area (Å²) in [5.74, 6) is 0.749. The van der Waals surface area contributed by atoms with Crippen LogP contribution in [0.3, 0.4) is 0 Å². The first kappa shape index (κ1) is 15.0. The Hall–Kier alpha value is -0.380. The highest BCUT2D eigenvalue weighted by molar-refractivity contribution is 7.11. The van der Waals surface area contributed by atoms with Crippen molar-refractivity contribution in [1.29, 1.82) is 0 Å². The van der Waals surface area contributed by atoms with E-state index in [-0.39, 0.29) is 0 Å². The van der Waals surface area contributed by atoms with Crippen LogP contribution in [0.15, 0.2) is 12.1 Å². The Labute approximate surface area is 122 Å². The van der Waals surface area contributed by atoms with E-state index >= 15 is 0 Å². The zero-order chi connectivity index (χ0) is 13.7. The second kappa shape index (κ2) is 7.41. The van der Waals surface area contributed by atoms with Gasteiger partial charge in [0.1, 0.15) is 0 Å². The average molecular weight is 280 g/mol. The first-order chi connectivity index (χ1) is 9.19. The summed E-state index contributed by atoms with van der Waals surface area (Å²) in [4.78, 5) is 5.72. The van der Waals surface area contributed by atoms with E-state index in [1.165, 1.54) is 35.6 Å². The van der Waals surface area contributed by atoms with Crippen molar-refractivity contribution in [2.75, 3.05) is 19.6 Å². The molecular formula is C16H28N2S. The Balaban J connectivity index is 1.81. The zero-order valence-corrected chi connectivity index (χ0v) is 13.4. The maximum atomic E-state index is 3.62. The van der Waals surface area contributed by atoms with Gasteiger partial charge in [0.2, 0.25) is 0 Å². The summed E-state index contributed by atoms with van der Waals surface area (Å²) in [6.45, 7) is 11.5. The highest BCUT2D eigenvalue weighted by Gasteiger charge is 2.24. The van der Waals surface area contributed by atoms with Crippen molar-refractivity contribution < 1.29 is 0 Å². The quantitative estimate of drug-likeness (QED) is 0.822. The number of aryl methyl sites for hydroxylation is 1. The largest absolute Gasteiger partial charge is 0.315 e. The summed E-state index contributed by atoms with van der Waals surface area (Å²) in [6, 6.07) is 5.36. The topological polar surface area (TPSA) is 15.3 Å². The third-order valence-electron chi connectivity index (χ3n) is 3.86. The van der Waals surface area contributed by atoms with Crippen molar-refractivity contribution in [3.63, 3.8) is 0 Å². The molecule has 1 fully saturated rings. The minimum absolute atomic E-state index is 0.742. The molecule has 0 aliphatic carbocycles. The van der Waals surface area contributed by atoms with Gasteiger partial charge in [0.25, 0.3) is 0 Å². The average Bonchev–Trinajstić information content (AvgIpc) is 2.99. The molecule has 0 aromatic carbocycles. The van der Waals surface area contributed by atoms with Crippen LogP contribution in [0.25, 0.3) is 0 Å². The summed E-state index contributed by atoms with van der Waals surface area (Å²) in [5.41, 5.74) is 0. The zero-order valence-electron chi connectivity index (χ0n) is 12.6. The van der Waals surface area contributed by atoms with E-state index in [1.807, 2.05) is 11.3 Å². The molecule has 19 heavy (non-hydrogen) atoms. The Kier molecular flexibility index (Phi) is 5.86. The van der Waals surface area contributed by atoms with Gasteiger partial charge in [-0.05, 0) is 50.4 Å². The molecule has 2 heterocycles. The minimum Gasteiger partial charge on any atom is -0.315 e. The van der Waals surface area contributed by atoms with Gasteiger partial charge in [0.05, 0.1) is 0 Å². The van der Waals surface area contributed by atoms with E-state index in [9.17, 15) is 0 Å². The molecule has 1 unspecified atom stereocenters. The number of likely N-dealkylation sites (tertiary alicyclic amines) is 1. The first-order valence-corrected chi connectivity index (χ1v) is 8.53. The van der Waals surface area contributed by atoms with Crippen molar-refractivity contribution >= 4 is 11.3 Å². The second-order valence-corrected chi connectivity index (χ2v) is 7.29. The number of rotatable bonds is 7. The lowest BCUT2D eigenvalue weighted by Gasteiger charge is -2.24. The summed E-state index contributed by atoms with van der Waals surface area (Å²) < 4.78 is 0. The highest BCUT2D eigenvalue weighted by atomic mass is 32.1. The number of nitrogens with one attached hydrogen (secondary N) is 1. The minimum atomic E-state index is 0.742. The monoisotopic (exact) mass is 280 g/mol. The van der Waals surface area contributed by atoms with Crippen molar-refractivity contribution in [2.24, 2.45) is 5.92 Å². The fourth-order valence-electron chi connectivity index (χ4n) is 2.77. The van der Waals surface area contributed by atoms with Crippen LogP contribution in [0, 0.1) is 5.92 Å². The van der Waals surface area contributed by atoms with Crippen molar-refractivity contribution in [3.05, 3.63) is 21.9 Å². The molecule has 0 radical (unpaired) electrons. The van der Waals surface area contributed by atoms with Crippen LogP contribution >= 0.6 is 11.3 Å². The van der Waals surface area contributed by atoms with Crippen LogP contribution < -0.4 is 5.32 Å². The van der Waals surface area contributed by atoms with Crippen molar-refractivity contribution in [1.82, 2.24) is 10.2 Å². The summed E-state index contributed by atoms with van der Waals surface area (Å²) >= 11 is 1.99. The van der Waals surface area contributed by atoms with Gasteiger partial charge < -0.3 is 5.32 Å². The molecule has 1 N–H and O–H groups in total. The summed E-state index contributed by atoms with van der Waals surface area (Å²) in [7, 11) is 0. The normalized spacial score (nSPS) is 20.5. The molecule has 3 heteroatoms. The molecule has 0 bridgehead atoms. The van der Waals surface area contributed by atoms with Crippen LogP contribution in [-0.4, -0.2) is 30.6 Å². The van der Waals surface area contributed by atoms with Crippen molar-refractivity contribution in [2.45, 2.75) is 52.6 Å². The smallest absolute Gasteiger partial charge is 0.0331 e. The van der Waals surface area contributed by atoms with Crippen LogP contribution in [0.5, 0.6) is 0 Å². The molecule has 1 aliphatic heterocycles. The molecule has 1 aromatic rings. The molecule has 108 valence electrons. The van der Waals surface area contributed by atoms with E-state index < -0.39 is 0 Å². The van der Waals surface area contributed by atoms with Crippen LogP contribution in [0.1, 0.15) is 43.4 Å². The number of nitrogens with zero attached hydrogens (tertiary/aromatic N) is 1. The molecule has 1 saturated heterocycles. The van der Waals surface area contributed by atoms with E-state index in [1.54, 1.807) is 0 Å². The maximum absolute atomic E-state index is 3.62. The molecule has 1 aromatic heterocycles. The van der Waals surface area contributed by atoms with Gasteiger partial charge in [0, 0.05) is 28.9 Å². The molecular weight excluding hydrogens is 252 g/mol. The van der Waals surface area contributed by atoms with E-state index in [0.29, 0.717) is 0 Å². The van der Waals surface area contributed by atoms with Gasteiger partial charge in [0.15, 0.2) is 0 Å². The lowest BCUT2D eigenvalue weighted by Crippen LogP contribution is -2.38. The Morgan fingerprint density at radius 1 is 1.37 bits per heavy atom. The fourth-order valence-corrected chi connectivity index (χ4v) is 3.75. The molecule has 2 nitrogen and oxygen atoms in total. The van der Waals surface area contributed by atoms with E-state index in [2.05, 4.69) is 43.1 Å². The molecule has 0 amide bonds. The van der Waals surface area contributed by atoms with Gasteiger partial charge in [-0.2, -0.15) is 0 Å². The third kappa shape index (κ3) is 4.59. The standard InChI is InChI=1S/C16H28N2S/c1-4-15-7-8-16(19-15)12-18-9-5-6-14(18)11-17-10-13(2)3/h7-8,13-14,17H,4-6,9-12H2,1-3H3. The molecule has 1 aliphatic rings. The highest BCUT2D eigenvalue weighted by Crippen LogP contribution is 2.24. The van der Waals surface area contributed by atoms with E-state index in [0.717, 1.165) is 31.6 Å². The second-order valence-electron chi connectivity index (χ2n) is 6.04. The van der Waals surface area contributed by atoms with Crippen LogP contribution in [0.4, 0.5) is 0 Å². The molecule has 2 rings (SSSR count). The predicted molar refractivity (Wildman–Crippen MR) is 84.8 cm³/mol. The fraction of sp³-hybridized carbons (Fsp3) is 0.750. The van der Waals surface area contributed by atoms with E-state index in [4.69, 9.17) is 0 Å². The number of hydrogen-bond donors (Lipinski definition) is 1. The predicted octanol–water partition coefficient (Wildman–Crippen LogP) is 3.52. The molecule has 0 spiro atoms. The van der Waals surface area contributed by atoms with Gasteiger partial charge in [-0.3, -0.25) is 4.90 Å². The lowest BCUT2D eigenvalue weighted by atomic mass is 10.2. The first-order valence-electron chi connectivity index (χ1n) is 7.71. The number of hydrogen-bond acceptors (Lipinski definition) is 3. The molecule has 1 atom stereocenters. The van der Waals surface area contributed by atoms with Crippen molar-refractivity contribution in [3.8, 4) is 0 Å². The Morgan fingerprint density at radius 2 is 2.16 bits per heavy atom. The number of thiophene rings is 1.